The highest BCUT2D eigenvalue weighted by atomic mass is 35.5. The lowest BCUT2D eigenvalue weighted by molar-refractivity contribution is 0.168. The van der Waals surface area contributed by atoms with Gasteiger partial charge in [-0.1, -0.05) is 29.3 Å². The van der Waals surface area contributed by atoms with Gasteiger partial charge in [0, 0.05) is 6.42 Å². The molecule has 1 atom stereocenters. The number of hydrogen-bond donors (Lipinski definition) is 1. The van der Waals surface area contributed by atoms with Crippen LogP contribution in [-0.4, -0.2) is 11.2 Å². The van der Waals surface area contributed by atoms with Crippen LogP contribution < -0.4 is 0 Å². The van der Waals surface area contributed by atoms with E-state index >= 15 is 0 Å². The fraction of sp³-hybridized carbons (Fsp3) is 0.231. The van der Waals surface area contributed by atoms with E-state index in [-0.39, 0.29) is 0 Å². The number of halogens is 2. The van der Waals surface area contributed by atoms with Crippen LogP contribution in [0.5, 0.6) is 0 Å². The van der Waals surface area contributed by atoms with Gasteiger partial charge >= 0.3 is 0 Å². The lowest BCUT2D eigenvalue weighted by Crippen LogP contribution is -2.13. The van der Waals surface area contributed by atoms with E-state index in [4.69, 9.17) is 27.6 Å². The second-order valence-corrected chi connectivity index (χ2v) is 4.70. The van der Waals surface area contributed by atoms with Gasteiger partial charge in [0.2, 0.25) is 0 Å². The van der Waals surface area contributed by atoms with E-state index in [1.807, 2.05) is 12.1 Å². The predicted molar refractivity (Wildman–Crippen MR) is 68.6 cm³/mol. The van der Waals surface area contributed by atoms with Crippen molar-refractivity contribution >= 4 is 23.2 Å². The zero-order chi connectivity index (χ0) is 12.3. The maximum absolute atomic E-state index is 9.90. The molecule has 0 amide bonds. The fourth-order valence-corrected chi connectivity index (χ4v) is 1.99. The molecule has 2 rings (SSSR count). The highest BCUT2D eigenvalue weighted by Gasteiger charge is 2.09. The van der Waals surface area contributed by atoms with Gasteiger partial charge in [0.25, 0.3) is 0 Å². The molecule has 17 heavy (non-hydrogen) atoms. The van der Waals surface area contributed by atoms with E-state index in [2.05, 4.69) is 0 Å². The molecule has 4 heteroatoms. The fourth-order valence-electron chi connectivity index (χ4n) is 1.67. The van der Waals surface area contributed by atoms with E-state index in [9.17, 15) is 5.11 Å². The van der Waals surface area contributed by atoms with Crippen molar-refractivity contribution in [2.24, 2.45) is 0 Å². The largest absolute Gasteiger partial charge is 0.469 e. The smallest absolute Gasteiger partial charge is 0.106 e. The number of benzene rings is 1. The summed E-state index contributed by atoms with van der Waals surface area (Å²) in [7, 11) is 0. The van der Waals surface area contributed by atoms with Crippen molar-refractivity contribution in [1.82, 2.24) is 0 Å². The summed E-state index contributed by atoms with van der Waals surface area (Å²) < 4.78 is 5.18. The number of furan rings is 1. The lowest BCUT2D eigenvalue weighted by atomic mass is 10.0. The molecule has 1 aromatic carbocycles. The molecule has 2 nitrogen and oxygen atoms in total. The average molecular weight is 271 g/mol. The Kier molecular flexibility index (Phi) is 4.11. The normalized spacial score (nSPS) is 12.6. The predicted octanol–water partition coefficient (Wildman–Crippen LogP) is 3.73. The third kappa shape index (κ3) is 3.50. The molecule has 0 aliphatic rings. The van der Waals surface area contributed by atoms with Gasteiger partial charge in [-0.3, -0.25) is 0 Å². The Bertz CT molecular complexity index is 480. The van der Waals surface area contributed by atoms with Crippen LogP contribution in [-0.2, 0) is 12.8 Å². The molecule has 1 N–H and O–H groups in total. The van der Waals surface area contributed by atoms with Crippen LogP contribution in [0.4, 0.5) is 0 Å². The number of rotatable bonds is 4. The van der Waals surface area contributed by atoms with Gasteiger partial charge < -0.3 is 9.52 Å². The second-order valence-electron chi connectivity index (χ2n) is 3.89. The highest BCUT2D eigenvalue weighted by molar-refractivity contribution is 6.42. The second kappa shape index (κ2) is 5.58. The molecule has 0 bridgehead atoms. The Balaban J connectivity index is 1.98. The number of hydrogen-bond acceptors (Lipinski definition) is 2. The number of aliphatic hydroxyl groups excluding tert-OH is 1. The first-order valence-corrected chi connectivity index (χ1v) is 6.05. The monoisotopic (exact) mass is 270 g/mol. The summed E-state index contributed by atoms with van der Waals surface area (Å²) in [5.41, 5.74) is 0.957. The van der Waals surface area contributed by atoms with Gasteiger partial charge in [-0.25, -0.2) is 0 Å². The summed E-state index contributed by atoms with van der Waals surface area (Å²) in [5, 5.41) is 10.9. The van der Waals surface area contributed by atoms with E-state index in [0.29, 0.717) is 22.9 Å². The topological polar surface area (TPSA) is 33.4 Å². The van der Waals surface area contributed by atoms with E-state index in [0.717, 1.165) is 11.3 Å². The SMILES string of the molecule is OC(Cc1ccc(Cl)c(Cl)c1)Cc1ccco1. The van der Waals surface area contributed by atoms with Crippen LogP contribution in [0.1, 0.15) is 11.3 Å². The Labute approximate surface area is 110 Å². The molecule has 0 aliphatic carbocycles. The van der Waals surface area contributed by atoms with Crippen LogP contribution in [0.15, 0.2) is 41.0 Å². The molecule has 0 saturated heterocycles. The van der Waals surface area contributed by atoms with Crippen LogP contribution in [0.3, 0.4) is 0 Å². The molecule has 1 aromatic heterocycles. The third-order valence-corrected chi connectivity index (χ3v) is 3.21. The standard InChI is InChI=1S/C13H12Cl2O2/c14-12-4-3-9(7-13(12)15)6-10(16)8-11-2-1-5-17-11/h1-5,7,10,16H,6,8H2. The summed E-state index contributed by atoms with van der Waals surface area (Å²) in [6.45, 7) is 0. The van der Waals surface area contributed by atoms with Gasteiger partial charge in [-0.05, 0) is 36.2 Å². The molecule has 0 fully saturated rings. The zero-order valence-electron chi connectivity index (χ0n) is 9.07. The minimum absolute atomic E-state index is 0.488. The molecule has 0 radical (unpaired) electrons. The Morgan fingerprint density at radius 1 is 1.12 bits per heavy atom. The van der Waals surface area contributed by atoms with Crippen molar-refractivity contribution in [1.29, 1.82) is 0 Å². The lowest BCUT2D eigenvalue weighted by Gasteiger charge is -2.09. The van der Waals surface area contributed by atoms with E-state index in [1.165, 1.54) is 0 Å². The molecule has 1 unspecified atom stereocenters. The first-order valence-electron chi connectivity index (χ1n) is 5.29. The molecule has 2 aromatic rings. The van der Waals surface area contributed by atoms with Crippen molar-refractivity contribution in [2.45, 2.75) is 18.9 Å². The first kappa shape index (κ1) is 12.5. The van der Waals surface area contributed by atoms with Gasteiger partial charge in [0.15, 0.2) is 0 Å². The Morgan fingerprint density at radius 3 is 2.59 bits per heavy atom. The van der Waals surface area contributed by atoms with Gasteiger partial charge in [-0.15, -0.1) is 0 Å². The summed E-state index contributed by atoms with van der Waals surface area (Å²) >= 11 is 11.7. The quantitative estimate of drug-likeness (QED) is 0.919. The molecule has 0 saturated carbocycles. The average Bonchev–Trinajstić information content (AvgIpc) is 2.76. The summed E-state index contributed by atoms with van der Waals surface area (Å²) in [6, 6.07) is 9.02. The zero-order valence-corrected chi connectivity index (χ0v) is 10.6. The van der Waals surface area contributed by atoms with E-state index in [1.54, 1.807) is 24.5 Å². The van der Waals surface area contributed by atoms with Crippen molar-refractivity contribution in [3.63, 3.8) is 0 Å². The Morgan fingerprint density at radius 2 is 1.94 bits per heavy atom. The molecule has 1 heterocycles. The summed E-state index contributed by atoms with van der Waals surface area (Å²) in [5.74, 6) is 0.776. The molecule has 90 valence electrons. The van der Waals surface area contributed by atoms with Gasteiger partial charge in [0.05, 0.1) is 22.4 Å². The third-order valence-electron chi connectivity index (χ3n) is 2.47. The highest BCUT2D eigenvalue weighted by Crippen LogP contribution is 2.23. The van der Waals surface area contributed by atoms with Crippen LogP contribution >= 0.6 is 23.2 Å². The summed E-state index contributed by atoms with van der Waals surface area (Å²) in [6.07, 6.45) is 2.13. The van der Waals surface area contributed by atoms with Crippen molar-refractivity contribution in [3.05, 3.63) is 58.0 Å². The minimum atomic E-state index is -0.488. The van der Waals surface area contributed by atoms with Crippen LogP contribution in [0, 0.1) is 0 Å². The van der Waals surface area contributed by atoms with Crippen LogP contribution in [0.2, 0.25) is 10.0 Å². The van der Waals surface area contributed by atoms with Crippen molar-refractivity contribution in [2.75, 3.05) is 0 Å². The van der Waals surface area contributed by atoms with Crippen molar-refractivity contribution in [3.8, 4) is 0 Å². The van der Waals surface area contributed by atoms with Gasteiger partial charge in [-0.2, -0.15) is 0 Å². The van der Waals surface area contributed by atoms with Crippen LogP contribution in [0.25, 0.3) is 0 Å². The van der Waals surface area contributed by atoms with E-state index < -0.39 is 6.10 Å². The molecule has 0 spiro atoms. The van der Waals surface area contributed by atoms with Crippen molar-refractivity contribution < 1.29 is 9.52 Å². The maximum Gasteiger partial charge on any atom is 0.106 e. The van der Waals surface area contributed by atoms with Gasteiger partial charge in [0.1, 0.15) is 5.76 Å². The Hall–Kier alpha value is -0.960. The molecular weight excluding hydrogens is 259 g/mol. The maximum atomic E-state index is 9.90. The first-order chi connectivity index (χ1) is 8.15. The molecular formula is C13H12Cl2O2. The minimum Gasteiger partial charge on any atom is -0.469 e. The molecule has 0 aliphatic heterocycles. The summed E-state index contributed by atoms with van der Waals surface area (Å²) in [4.78, 5) is 0. The number of aliphatic hydroxyl groups is 1.